The lowest BCUT2D eigenvalue weighted by Crippen LogP contribution is -2.50. The lowest BCUT2D eigenvalue weighted by molar-refractivity contribution is -0.134. The van der Waals surface area contributed by atoms with Crippen molar-refractivity contribution in [1.82, 2.24) is 10.2 Å². The molecule has 6 heteroatoms. The number of carbonyl (C=O) groups is 2. The molecule has 1 unspecified atom stereocenters. The number of benzene rings is 1. The fourth-order valence-corrected chi connectivity index (χ4v) is 3.25. The molecule has 0 aliphatic carbocycles. The van der Waals surface area contributed by atoms with Gasteiger partial charge in [0.05, 0.1) is 6.42 Å². The van der Waals surface area contributed by atoms with Crippen LogP contribution >= 0.6 is 12.4 Å². The number of amides is 2. The molecule has 1 aliphatic heterocycles. The third-order valence-electron chi connectivity index (χ3n) is 4.70. The summed E-state index contributed by atoms with van der Waals surface area (Å²) in [4.78, 5) is 26.4. The first-order valence-corrected chi connectivity index (χ1v) is 8.83. The Balaban J connectivity index is 0.00000312. The van der Waals surface area contributed by atoms with E-state index in [0.29, 0.717) is 25.9 Å². The van der Waals surface area contributed by atoms with Crippen LogP contribution in [0.25, 0.3) is 0 Å². The topological polar surface area (TPSA) is 75.4 Å². The Morgan fingerprint density at radius 2 is 2.04 bits per heavy atom. The van der Waals surface area contributed by atoms with E-state index in [9.17, 15) is 9.59 Å². The number of aryl methyl sites for hydroxylation is 2. The van der Waals surface area contributed by atoms with E-state index in [1.165, 1.54) is 5.56 Å². The third-order valence-corrected chi connectivity index (χ3v) is 4.70. The van der Waals surface area contributed by atoms with Gasteiger partial charge in [-0.1, -0.05) is 23.8 Å². The Morgan fingerprint density at radius 1 is 1.28 bits per heavy atom. The molecular weight excluding hydrogens is 338 g/mol. The molecule has 1 fully saturated rings. The van der Waals surface area contributed by atoms with Crippen molar-refractivity contribution in [3.05, 3.63) is 34.9 Å². The first-order chi connectivity index (χ1) is 11.5. The van der Waals surface area contributed by atoms with Crippen LogP contribution in [0.15, 0.2) is 18.2 Å². The molecule has 2 amide bonds. The zero-order valence-corrected chi connectivity index (χ0v) is 16.0. The molecule has 3 N–H and O–H groups in total. The highest BCUT2D eigenvalue weighted by molar-refractivity contribution is 5.85. The van der Waals surface area contributed by atoms with Gasteiger partial charge in [-0.05, 0) is 44.2 Å². The molecule has 2 rings (SSSR count). The number of nitrogens with one attached hydrogen (secondary N) is 1. The number of rotatable bonds is 6. The molecule has 1 aromatic carbocycles. The summed E-state index contributed by atoms with van der Waals surface area (Å²) in [5.41, 5.74) is 8.82. The lowest BCUT2D eigenvalue weighted by Gasteiger charge is -2.36. The molecule has 0 spiro atoms. The molecule has 140 valence electrons. The molecule has 0 aromatic heterocycles. The average Bonchev–Trinajstić information content (AvgIpc) is 2.57. The quantitative estimate of drug-likeness (QED) is 0.808. The lowest BCUT2D eigenvalue weighted by atomic mass is 9.98. The number of carbonyl (C=O) groups excluding carboxylic acids is 2. The maximum absolute atomic E-state index is 12.8. The van der Waals surface area contributed by atoms with Gasteiger partial charge in [0, 0.05) is 32.1 Å². The van der Waals surface area contributed by atoms with Crippen molar-refractivity contribution >= 4 is 24.2 Å². The number of halogens is 1. The van der Waals surface area contributed by atoms with Crippen molar-refractivity contribution in [2.24, 2.45) is 5.73 Å². The van der Waals surface area contributed by atoms with Crippen molar-refractivity contribution in [1.29, 1.82) is 0 Å². The third kappa shape index (κ3) is 6.33. The van der Waals surface area contributed by atoms with Crippen LogP contribution in [0.5, 0.6) is 0 Å². The first-order valence-electron chi connectivity index (χ1n) is 8.83. The maximum atomic E-state index is 12.8. The van der Waals surface area contributed by atoms with E-state index in [0.717, 1.165) is 36.9 Å². The molecule has 1 atom stereocenters. The molecule has 0 saturated carbocycles. The van der Waals surface area contributed by atoms with Crippen molar-refractivity contribution in [2.75, 3.05) is 19.6 Å². The molecule has 1 aromatic rings. The monoisotopic (exact) mass is 367 g/mol. The Hall–Kier alpha value is -1.59. The van der Waals surface area contributed by atoms with E-state index in [1.54, 1.807) is 0 Å². The molecule has 1 saturated heterocycles. The van der Waals surface area contributed by atoms with E-state index in [1.807, 2.05) is 18.7 Å². The predicted molar refractivity (Wildman–Crippen MR) is 103 cm³/mol. The van der Waals surface area contributed by atoms with Crippen molar-refractivity contribution in [3.8, 4) is 0 Å². The zero-order chi connectivity index (χ0) is 17.5. The standard InChI is InChI=1S/C19H29N3O2.ClH/c1-14-6-7-15(2)16(11-14)12-19(24)22-10-4-3-5-17(22)13-21-18(23)8-9-20;/h6-7,11,17H,3-5,8-10,12-13,20H2,1-2H3,(H,21,23);1H. The Kier molecular flexibility index (Phi) is 8.93. The second kappa shape index (κ2) is 10.4. The Labute approximate surface area is 156 Å². The second-order valence-corrected chi connectivity index (χ2v) is 6.69. The van der Waals surface area contributed by atoms with E-state index >= 15 is 0 Å². The van der Waals surface area contributed by atoms with Gasteiger partial charge in [0.1, 0.15) is 0 Å². The Morgan fingerprint density at radius 3 is 2.76 bits per heavy atom. The summed E-state index contributed by atoms with van der Waals surface area (Å²) in [6.45, 7) is 5.75. The van der Waals surface area contributed by atoms with Crippen LogP contribution in [0.4, 0.5) is 0 Å². The minimum absolute atomic E-state index is 0. The molecule has 1 heterocycles. The zero-order valence-electron chi connectivity index (χ0n) is 15.2. The van der Waals surface area contributed by atoms with Gasteiger partial charge in [-0.25, -0.2) is 0 Å². The number of hydrogen-bond acceptors (Lipinski definition) is 3. The number of nitrogens with zero attached hydrogens (tertiary/aromatic N) is 1. The van der Waals surface area contributed by atoms with Gasteiger partial charge in [0.2, 0.25) is 11.8 Å². The highest BCUT2D eigenvalue weighted by Crippen LogP contribution is 2.19. The van der Waals surface area contributed by atoms with Crippen molar-refractivity contribution in [2.45, 2.75) is 52.0 Å². The molecule has 5 nitrogen and oxygen atoms in total. The maximum Gasteiger partial charge on any atom is 0.227 e. The summed E-state index contributed by atoms with van der Waals surface area (Å²) >= 11 is 0. The molecule has 25 heavy (non-hydrogen) atoms. The van der Waals surface area contributed by atoms with Gasteiger partial charge in [-0.2, -0.15) is 0 Å². The summed E-state index contributed by atoms with van der Waals surface area (Å²) in [5, 5.41) is 2.91. The number of hydrogen-bond donors (Lipinski definition) is 2. The smallest absolute Gasteiger partial charge is 0.227 e. The van der Waals surface area contributed by atoms with Crippen LogP contribution < -0.4 is 11.1 Å². The fourth-order valence-electron chi connectivity index (χ4n) is 3.25. The summed E-state index contributed by atoms with van der Waals surface area (Å²) in [5.74, 6) is 0.117. The molecule has 0 bridgehead atoms. The summed E-state index contributed by atoms with van der Waals surface area (Å²) in [7, 11) is 0. The fraction of sp³-hybridized carbons (Fsp3) is 0.579. The van der Waals surface area contributed by atoms with Gasteiger partial charge in [-0.3, -0.25) is 9.59 Å². The minimum Gasteiger partial charge on any atom is -0.354 e. The van der Waals surface area contributed by atoms with Gasteiger partial charge in [-0.15, -0.1) is 12.4 Å². The van der Waals surface area contributed by atoms with Gasteiger partial charge in [0.15, 0.2) is 0 Å². The van der Waals surface area contributed by atoms with Crippen LogP contribution in [0.2, 0.25) is 0 Å². The normalized spacial score (nSPS) is 16.9. The average molecular weight is 368 g/mol. The van der Waals surface area contributed by atoms with Crippen LogP contribution in [0.1, 0.15) is 42.4 Å². The number of likely N-dealkylation sites (tertiary alicyclic amines) is 1. The molecule has 0 radical (unpaired) electrons. The Bertz CT molecular complexity index is 592. The van der Waals surface area contributed by atoms with Gasteiger partial charge >= 0.3 is 0 Å². The number of piperidine rings is 1. The summed E-state index contributed by atoms with van der Waals surface area (Å²) in [6.07, 6.45) is 3.85. The van der Waals surface area contributed by atoms with Crippen molar-refractivity contribution < 1.29 is 9.59 Å². The second-order valence-electron chi connectivity index (χ2n) is 6.69. The molecular formula is C19H30ClN3O2. The van der Waals surface area contributed by atoms with E-state index in [4.69, 9.17) is 5.73 Å². The van der Waals surface area contributed by atoms with Crippen molar-refractivity contribution in [3.63, 3.8) is 0 Å². The van der Waals surface area contributed by atoms with E-state index in [-0.39, 0.29) is 30.3 Å². The van der Waals surface area contributed by atoms with E-state index < -0.39 is 0 Å². The summed E-state index contributed by atoms with van der Waals surface area (Å²) in [6, 6.07) is 6.33. The van der Waals surface area contributed by atoms with Gasteiger partial charge in [0.25, 0.3) is 0 Å². The summed E-state index contributed by atoms with van der Waals surface area (Å²) < 4.78 is 0. The molecule has 1 aliphatic rings. The van der Waals surface area contributed by atoms with Crippen LogP contribution in [-0.2, 0) is 16.0 Å². The van der Waals surface area contributed by atoms with E-state index in [2.05, 4.69) is 23.5 Å². The van der Waals surface area contributed by atoms with Crippen LogP contribution in [0, 0.1) is 13.8 Å². The first kappa shape index (κ1) is 21.5. The SMILES string of the molecule is Cc1ccc(C)c(CC(=O)N2CCCCC2CNC(=O)CCN)c1.Cl. The minimum atomic E-state index is -0.0370. The highest BCUT2D eigenvalue weighted by Gasteiger charge is 2.27. The highest BCUT2D eigenvalue weighted by atomic mass is 35.5. The predicted octanol–water partition coefficient (Wildman–Crippen LogP) is 2.11. The van der Waals surface area contributed by atoms with Crippen LogP contribution in [-0.4, -0.2) is 42.4 Å². The largest absolute Gasteiger partial charge is 0.354 e. The van der Waals surface area contributed by atoms with Crippen LogP contribution in [0.3, 0.4) is 0 Å². The number of nitrogens with two attached hydrogens (primary N) is 1. The van der Waals surface area contributed by atoms with Gasteiger partial charge < -0.3 is 16.0 Å².